The van der Waals surface area contributed by atoms with E-state index in [1.165, 1.54) is 28.3 Å². The zero-order valence-electron chi connectivity index (χ0n) is 13.7. The molecular formula is C17H22O5. The molecule has 5 heteroatoms. The van der Waals surface area contributed by atoms with Crippen molar-refractivity contribution < 1.29 is 23.8 Å². The van der Waals surface area contributed by atoms with Crippen molar-refractivity contribution in [2.45, 2.75) is 26.7 Å². The summed E-state index contributed by atoms with van der Waals surface area (Å²) in [5.41, 5.74) is 0.820. The van der Waals surface area contributed by atoms with Gasteiger partial charge in [0, 0.05) is 6.42 Å². The molecule has 0 aliphatic carbocycles. The highest BCUT2D eigenvalue weighted by Gasteiger charge is 2.16. The maximum Gasteiger partial charge on any atom is 0.203 e. The molecule has 0 unspecified atom stereocenters. The van der Waals surface area contributed by atoms with Crippen molar-refractivity contribution in [1.29, 1.82) is 0 Å². The first-order chi connectivity index (χ1) is 10.5. The van der Waals surface area contributed by atoms with Gasteiger partial charge in [0.25, 0.3) is 0 Å². The lowest BCUT2D eigenvalue weighted by Gasteiger charge is -2.13. The number of methoxy groups -OCH3 is 3. The standard InChI is InChI=1S/C17H22O5/c1-6-7-14(19)13(11(2)18)8-12-9-15(20-3)17(22-5)16(10-12)21-4/h8-10H,6-7H2,1-5H3/b13-8+. The van der Waals surface area contributed by atoms with Crippen molar-refractivity contribution >= 4 is 17.6 Å². The Labute approximate surface area is 130 Å². The van der Waals surface area contributed by atoms with E-state index < -0.39 is 0 Å². The van der Waals surface area contributed by atoms with E-state index >= 15 is 0 Å². The summed E-state index contributed by atoms with van der Waals surface area (Å²) < 4.78 is 15.8. The molecule has 0 aromatic heterocycles. The van der Waals surface area contributed by atoms with Crippen LogP contribution in [-0.2, 0) is 9.59 Å². The lowest BCUT2D eigenvalue weighted by atomic mass is 10.0. The minimum atomic E-state index is -0.257. The zero-order valence-corrected chi connectivity index (χ0v) is 13.7. The van der Waals surface area contributed by atoms with Crippen LogP contribution in [0.1, 0.15) is 32.3 Å². The van der Waals surface area contributed by atoms with Gasteiger partial charge >= 0.3 is 0 Å². The van der Waals surface area contributed by atoms with Crippen LogP contribution in [0, 0.1) is 0 Å². The second kappa shape index (κ2) is 8.22. The number of hydrogen-bond acceptors (Lipinski definition) is 5. The molecule has 0 heterocycles. The average Bonchev–Trinajstić information content (AvgIpc) is 2.51. The van der Waals surface area contributed by atoms with E-state index in [1.54, 1.807) is 18.2 Å². The molecule has 0 amide bonds. The molecular weight excluding hydrogens is 284 g/mol. The molecule has 0 aliphatic heterocycles. The Hall–Kier alpha value is -2.30. The molecule has 0 saturated carbocycles. The summed E-state index contributed by atoms with van der Waals surface area (Å²) in [6.45, 7) is 3.28. The van der Waals surface area contributed by atoms with Gasteiger partial charge < -0.3 is 14.2 Å². The first kappa shape index (κ1) is 17.8. The van der Waals surface area contributed by atoms with Crippen LogP contribution in [0.25, 0.3) is 6.08 Å². The molecule has 0 saturated heterocycles. The number of ketones is 2. The first-order valence-electron chi connectivity index (χ1n) is 7.04. The molecule has 0 aliphatic rings. The number of Topliss-reactive ketones (excluding diaryl/α,β-unsaturated/α-hetero) is 2. The maximum atomic E-state index is 12.0. The fourth-order valence-electron chi connectivity index (χ4n) is 2.09. The molecule has 0 radical (unpaired) electrons. The Balaban J connectivity index is 3.38. The second-order valence-corrected chi connectivity index (χ2v) is 4.75. The number of carbonyl (C=O) groups excluding carboxylic acids is 2. The van der Waals surface area contributed by atoms with Gasteiger partial charge in [0.1, 0.15) is 0 Å². The Kier molecular flexibility index (Phi) is 6.63. The van der Waals surface area contributed by atoms with Crippen LogP contribution < -0.4 is 14.2 Å². The van der Waals surface area contributed by atoms with E-state index in [1.807, 2.05) is 6.92 Å². The smallest absolute Gasteiger partial charge is 0.203 e. The van der Waals surface area contributed by atoms with Crippen LogP contribution in [-0.4, -0.2) is 32.9 Å². The van der Waals surface area contributed by atoms with Crippen molar-refractivity contribution in [3.63, 3.8) is 0 Å². The molecule has 0 spiro atoms. The Morgan fingerprint density at radius 1 is 1.05 bits per heavy atom. The summed E-state index contributed by atoms with van der Waals surface area (Å²) in [6.07, 6.45) is 2.60. The van der Waals surface area contributed by atoms with Gasteiger partial charge in [-0.25, -0.2) is 0 Å². The van der Waals surface area contributed by atoms with Crippen molar-refractivity contribution in [1.82, 2.24) is 0 Å². The van der Waals surface area contributed by atoms with Crippen LogP contribution in [0.3, 0.4) is 0 Å². The predicted molar refractivity (Wildman–Crippen MR) is 84.7 cm³/mol. The molecule has 1 aromatic rings. The number of ether oxygens (including phenoxy) is 3. The normalized spacial score (nSPS) is 11.0. The molecule has 1 aromatic carbocycles. The first-order valence-corrected chi connectivity index (χ1v) is 7.04. The lowest BCUT2D eigenvalue weighted by molar-refractivity contribution is -0.120. The topological polar surface area (TPSA) is 61.8 Å². The fraction of sp³-hybridized carbons (Fsp3) is 0.412. The molecule has 0 bridgehead atoms. The Bertz CT molecular complexity index is 562. The summed E-state index contributed by atoms with van der Waals surface area (Å²) in [6, 6.07) is 3.40. The molecule has 0 fully saturated rings. The summed E-state index contributed by atoms with van der Waals surface area (Å²) in [5, 5.41) is 0. The van der Waals surface area contributed by atoms with Gasteiger partial charge in [0.2, 0.25) is 5.75 Å². The van der Waals surface area contributed by atoms with Crippen molar-refractivity contribution in [3.05, 3.63) is 23.3 Å². The minimum Gasteiger partial charge on any atom is -0.493 e. The quantitative estimate of drug-likeness (QED) is 0.419. The van der Waals surface area contributed by atoms with E-state index in [0.717, 1.165) is 0 Å². The van der Waals surface area contributed by atoms with Gasteiger partial charge in [-0.2, -0.15) is 0 Å². The van der Waals surface area contributed by atoms with Gasteiger partial charge in [-0.3, -0.25) is 9.59 Å². The molecule has 22 heavy (non-hydrogen) atoms. The minimum absolute atomic E-state index is 0.163. The largest absolute Gasteiger partial charge is 0.493 e. The van der Waals surface area contributed by atoms with Gasteiger partial charge in [-0.1, -0.05) is 6.92 Å². The van der Waals surface area contributed by atoms with Crippen LogP contribution in [0.4, 0.5) is 0 Å². The maximum absolute atomic E-state index is 12.0. The second-order valence-electron chi connectivity index (χ2n) is 4.75. The van der Waals surface area contributed by atoms with E-state index in [4.69, 9.17) is 14.2 Å². The van der Waals surface area contributed by atoms with Crippen molar-refractivity contribution in [2.75, 3.05) is 21.3 Å². The van der Waals surface area contributed by atoms with Crippen LogP contribution >= 0.6 is 0 Å². The number of allylic oxidation sites excluding steroid dienone is 1. The number of carbonyl (C=O) groups is 2. The highest BCUT2D eigenvalue weighted by molar-refractivity contribution is 6.22. The Morgan fingerprint density at radius 3 is 1.95 bits per heavy atom. The van der Waals surface area contributed by atoms with Crippen LogP contribution in [0.2, 0.25) is 0 Å². The lowest BCUT2D eigenvalue weighted by Crippen LogP contribution is -2.09. The van der Waals surface area contributed by atoms with Crippen LogP contribution in [0.15, 0.2) is 17.7 Å². The van der Waals surface area contributed by atoms with Crippen molar-refractivity contribution in [2.24, 2.45) is 0 Å². The summed E-state index contributed by atoms with van der Waals surface area (Å²) in [7, 11) is 4.54. The zero-order chi connectivity index (χ0) is 16.7. The van der Waals surface area contributed by atoms with Gasteiger partial charge in [0.05, 0.1) is 26.9 Å². The van der Waals surface area contributed by atoms with E-state index in [2.05, 4.69) is 0 Å². The number of rotatable bonds is 8. The third-order valence-electron chi connectivity index (χ3n) is 3.15. The predicted octanol–water partition coefficient (Wildman–Crippen LogP) is 3.05. The van der Waals surface area contributed by atoms with Crippen LogP contribution in [0.5, 0.6) is 17.2 Å². The number of benzene rings is 1. The van der Waals surface area contributed by atoms with Gasteiger partial charge in [0.15, 0.2) is 23.1 Å². The highest BCUT2D eigenvalue weighted by atomic mass is 16.5. The van der Waals surface area contributed by atoms with E-state index in [0.29, 0.717) is 35.7 Å². The average molecular weight is 306 g/mol. The van der Waals surface area contributed by atoms with Crippen molar-refractivity contribution in [3.8, 4) is 17.2 Å². The molecule has 0 atom stereocenters. The molecule has 1 rings (SSSR count). The third kappa shape index (κ3) is 4.10. The van der Waals surface area contributed by atoms with Gasteiger partial charge in [-0.15, -0.1) is 0 Å². The van der Waals surface area contributed by atoms with Gasteiger partial charge in [-0.05, 0) is 37.1 Å². The fourth-order valence-corrected chi connectivity index (χ4v) is 2.09. The molecule has 5 nitrogen and oxygen atoms in total. The Morgan fingerprint density at radius 2 is 1.59 bits per heavy atom. The molecule has 0 N–H and O–H groups in total. The summed E-state index contributed by atoms with van der Waals surface area (Å²) in [4.78, 5) is 23.8. The highest BCUT2D eigenvalue weighted by Crippen LogP contribution is 2.38. The third-order valence-corrected chi connectivity index (χ3v) is 3.15. The summed E-state index contributed by atoms with van der Waals surface area (Å²) >= 11 is 0. The monoisotopic (exact) mass is 306 g/mol. The SMILES string of the molecule is CCCC(=O)/C(=C/c1cc(OC)c(OC)c(OC)c1)C(C)=O. The molecule has 120 valence electrons. The van der Waals surface area contributed by atoms with E-state index in [-0.39, 0.29) is 17.1 Å². The summed E-state index contributed by atoms with van der Waals surface area (Å²) in [5.74, 6) is 0.986. The van der Waals surface area contributed by atoms with E-state index in [9.17, 15) is 9.59 Å². The number of hydrogen-bond donors (Lipinski definition) is 0.